The highest BCUT2D eigenvalue weighted by atomic mass is 79.9. The molecule has 0 saturated heterocycles. The lowest BCUT2D eigenvalue weighted by atomic mass is 10.1. The Labute approximate surface area is 129 Å². The minimum Gasteiger partial charge on any atom is -0.380 e. The van der Waals surface area contributed by atoms with E-state index in [4.69, 9.17) is 0 Å². The van der Waals surface area contributed by atoms with Gasteiger partial charge in [-0.1, -0.05) is 6.07 Å². The molecule has 0 aliphatic carbocycles. The van der Waals surface area contributed by atoms with Gasteiger partial charge in [-0.3, -0.25) is 14.9 Å². The first-order valence-electron chi connectivity index (χ1n) is 6.38. The molecule has 1 aromatic carbocycles. The van der Waals surface area contributed by atoms with E-state index in [0.717, 1.165) is 4.47 Å². The molecule has 110 valence electrons. The molecule has 0 amide bonds. The van der Waals surface area contributed by atoms with Gasteiger partial charge in [0.25, 0.3) is 11.2 Å². The van der Waals surface area contributed by atoms with Crippen LogP contribution >= 0.6 is 15.9 Å². The lowest BCUT2D eigenvalue weighted by molar-refractivity contribution is -0.384. The molecule has 0 unspecified atom stereocenters. The van der Waals surface area contributed by atoms with Crippen LogP contribution in [0.4, 0.5) is 11.4 Å². The second-order valence-electron chi connectivity index (χ2n) is 4.45. The molecule has 0 saturated carbocycles. The summed E-state index contributed by atoms with van der Waals surface area (Å²) in [7, 11) is 0. The molecule has 7 heteroatoms. The topological polar surface area (TPSA) is 77.2 Å². The first kappa shape index (κ1) is 15.2. The zero-order valence-electron chi connectivity index (χ0n) is 11.4. The summed E-state index contributed by atoms with van der Waals surface area (Å²) < 4.78 is 2.27. The molecule has 0 aliphatic heterocycles. The van der Waals surface area contributed by atoms with Gasteiger partial charge in [-0.15, -0.1) is 0 Å². The predicted octanol–water partition coefficient (Wildman–Crippen LogP) is 3.00. The molecule has 0 aliphatic rings. The summed E-state index contributed by atoms with van der Waals surface area (Å²) >= 11 is 3.30. The number of pyridine rings is 1. The Balaban J connectivity index is 2.37. The van der Waals surface area contributed by atoms with Gasteiger partial charge in [0.05, 0.1) is 11.5 Å². The van der Waals surface area contributed by atoms with E-state index >= 15 is 0 Å². The lowest BCUT2D eigenvalue weighted by Crippen LogP contribution is -2.18. The number of nitro benzene ring substituents is 1. The van der Waals surface area contributed by atoms with E-state index in [1.54, 1.807) is 24.4 Å². The van der Waals surface area contributed by atoms with Gasteiger partial charge in [-0.2, -0.15) is 0 Å². The van der Waals surface area contributed by atoms with E-state index in [2.05, 4.69) is 21.2 Å². The fraction of sp³-hybridized carbons (Fsp3) is 0.214. The summed E-state index contributed by atoms with van der Waals surface area (Å²) in [5, 5.41) is 14.1. The Bertz CT molecular complexity index is 728. The van der Waals surface area contributed by atoms with Gasteiger partial charge in [-0.05, 0) is 40.5 Å². The third-order valence-electron chi connectivity index (χ3n) is 2.93. The van der Waals surface area contributed by atoms with Crippen LogP contribution in [0.1, 0.15) is 12.5 Å². The minimum atomic E-state index is -0.425. The Morgan fingerprint density at radius 2 is 2.10 bits per heavy atom. The molecule has 2 rings (SSSR count). The average Bonchev–Trinajstić information content (AvgIpc) is 2.44. The molecular formula is C14H14BrN3O3. The fourth-order valence-corrected chi connectivity index (χ4v) is 2.37. The van der Waals surface area contributed by atoms with Crippen molar-refractivity contribution >= 4 is 27.3 Å². The average molecular weight is 352 g/mol. The molecule has 0 radical (unpaired) electrons. The van der Waals surface area contributed by atoms with Crippen molar-refractivity contribution in [1.29, 1.82) is 0 Å². The molecule has 0 bridgehead atoms. The molecule has 1 heterocycles. The summed E-state index contributed by atoms with van der Waals surface area (Å²) in [5.41, 5.74) is 1.03. The lowest BCUT2D eigenvalue weighted by Gasteiger charge is -2.09. The molecule has 21 heavy (non-hydrogen) atoms. The normalized spacial score (nSPS) is 10.4. The third-order valence-corrected chi connectivity index (χ3v) is 3.40. The molecule has 0 fully saturated rings. The standard InChI is InChI=1S/C14H14BrN3O3/c1-2-16-12-5-3-10(7-13(12)18(20)21)8-17-9-11(15)4-6-14(17)19/h3-7,9,16H,2,8H2,1H3. The third kappa shape index (κ3) is 3.69. The Morgan fingerprint density at radius 1 is 1.33 bits per heavy atom. The summed E-state index contributed by atoms with van der Waals surface area (Å²) in [6.45, 7) is 2.76. The number of nitrogens with one attached hydrogen (secondary N) is 1. The fourth-order valence-electron chi connectivity index (χ4n) is 1.99. The number of nitro groups is 1. The number of aromatic nitrogens is 1. The van der Waals surface area contributed by atoms with Crippen molar-refractivity contribution < 1.29 is 4.92 Å². The van der Waals surface area contributed by atoms with Gasteiger partial charge in [0.2, 0.25) is 0 Å². The van der Waals surface area contributed by atoms with Gasteiger partial charge in [0, 0.05) is 29.3 Å². The second-order valence-corrected chi connectivity index (χ2v) is 5.37. The van der Waals surface area contributed by atoms with Crippen molar-refractivity contribution in [1.82, 2.24) is 4.57 Å². The highest BCUT2D eigenvalue weighted by Crippen LogP contribution is 2.25. The minimum absolute atomic E-state index is 0.0115. The highest BCUT2D eigenvalue weighted by molar-refractivity contribution is 9.10. The molecule has 0 spiro atoms. The van der Waals surface area contributed by atoms with Gasteiger partial charge in [0.15, 0.2) is 0 Å². The molecular weight excluding hydrogens is 338 g/mol. The van der Waals surface area contributed by atoms with Crippen molar-refractivity contribution in [2.24, 2.45) is 0 Å². The number of halogens is 1. The quantitative estimate of drug-likeness (QED) is 0.663. The van der Waals surface area contributed by atoms with Gasteiger partial charge in [-0.25, -0.2) is 0 Å². The molecule has 2 aromatic rings. The van der Waals surface area contributed by atoms with E-state index in [0.29, 0.717) is 17.8 Å². The van der Waals surface area contributed by atoms with Crippen LogP contribution in [-0.4, -0.2) is 16.0 Å². The van der Waals surface area contributed by atoms with Crippen LogP contribution in [0.25, 0.3) is 0 Å². The first-order valence-corrected chi connectivity index (χ1v) is 7.17. The number of hydrogen-bond acceptors (Lipinski definition) is 4. The summed E-state index contributed by atoms with van der Waals surface area (Å²) in [5.74, 6) is 0. The van der Waals surface area contributed by atoms with Gasteiger partial charge >= 0.3 is 0 Å². The van der Waals surface area contributed by atoms with E-state index in [1.807, 2.05) is 6.92 Å². The highest BCUT2D eigenvalue weighted by Gasteiger charge is 2.14. The summed E-state index contributed by atoms with van der Waals surface area (Å²) in [4.78, 5) is 22.4. The molecule has 6 nitrogen and oxygen atoms in total. The van der Waals surface area contributed by atoms with Crippen LogP contribution in [0, 0.1) is 10.1 Å². The van der Waals surface area contributed by atoms with Crippen LogP contribution in [0.3, 0.4) is 0 Å². The van der Waals surface area contributed by atoms with Crippen LogP contribution in [0.2, 0.25) is 0 Å². The first-order chi connectivity index (χ1) is 10.0. The maximum absolute atomic E-state index is 11.8. The molecule has 0 atom stereocenters. The number of anilines is 1. The number of nitrogens with zero attached hydrogens (tertiary/aromatic N) is 2. The van der Waals surface area contributed by atoms with Crippen molar-refractivity contribution in [2.45, 2.75) is 13.5 Å². The largest absolute Gasteiger partial charge is 0.380 e. The molecule has 1 N–H and O–H groups in total. The summed E-state index contributed by atoms with van der Waals surface area (Å²) in [6.07, 6.45) is 1.66. The molecule has 1 aromatic heterocycles. The van der Waals surface area contributed by atoms with Gasteiger partial charge < -0.3 is 9.88 Å². The number of rotatable bonds is 5. The maximum Gasteiger partial charge on any atom is 0.292 e. The smallest absolute Gasteiger partial charge is 0.292 e. The number of hydrogen-bond donors (Lipinski definition) is 1. The monoisotopic (exact) mass is 351 g/mol. The zero-order chi connectivity index (χ0) is 15.4. The van der Waals surface area contributed by atoms with Crippen molar-refractivity contribution in [2.75, 3.05) is 11.9 Å². The van der Waals surface area contributed by atoms with Crippen LogP contribution in [0.15, 0.2) is 45.8 Å². The SMILES string of the molecule is CCNc1ccc(Cn2cc(Br)ccc2=O)cc1[N+](=O)[O-]. The van der Waals surface area contributed by atoms with Crippen LogP contribution < -0.4 is 10.9 Å². The van der Waals surface area contributed by atoms with E-state index < -0.39 is 4.92 Å². The maximum atomic E-state index is 11.8. The van der Waals surface area contributed by atoms with Crippen LogP contribution in [-0.2, 0) is 6.54 Å². The van der Waals surface area contributed by atoms with E-state index in [-0.39, 0.29) is 17.8 Å². The zero-order valence-corrected chi connectivity index (χ0v) is 13.0. The Kier molecular flexibility index (Phi) is 4.74. The second kappa shape index (κ2) is 6.53. The van der Waals surface area contributed by atoms with Crippen molar-refractivity contribution in [3.8, 4) is 0 Å². The van der Waals surface area contributed by atoms with Crippen molar-refractivity contribution in [3.63, 3.8) is 0 Å². The van der Waals surface area contributed by atoms with Gasteiger partial charge in [0.1, 0.15) is 5.69 Å². The van der Waals surface area contributed by atoms with E-state index in [9.17, 15) is 14.9 Å². The van der Waals surface area contributed by atoms with E-state index in [1.165, 1.54) is 16.7 Å². The predicted molar refractivity (Wildman–Crippen MR) is 84.8 cm³/mol. The Hall–Kier alpha value is -2.15. The number of benzene rings is 1. The van der Waals surface area contributed by atoms with Crippen molar-refractivity contribution in [3.05, 3.63) is 67.0 Å². The Morgan fingerprint density at radius 3 is 2.76 bits per heavy atom. The van der Waals surface area contributed by atoms with Crippen LogP contribution in [0.5, 0.6) is 0 Å². The summed E-state index contributed by atoms with van der Waals surface area (Å²) in [6, 6.07) is 8.05.